The van der Waals surface area contributed by atoms with Crippen molar-refractivity contribution < 1.29 is 19.1 Å². The van der Waals surface area contributed by atoms with E-state index < -0.39 is 5.41 Å². The van der Waals surface area contributed by atoms with Crippen molar-refractivity contribution in [2.24, 2.45) is 0 Å². The van der Waals surface area contributed by atoms with Gasteiger partial charge in [-0.05, 0) is 41.0 Å². The predicted molar refractivity (Wildman–Crippen MR) is 127 cm³/mol. The van der Waals surface area contributed by atoms with Crippen LogP contribution in [0.3, 0.4) is 0 Å². The van der Waals surface area contributed by atoms with Crippen LogP contribution in [-0.2, 0) is 32.9 Å². The number of hydrogen-bond acceptors (Lipinski definition) is 5. The van der Waals surface area contributed by atoms with Gasteiger partial charge in [-0.25, -0.2) is 0 Å². The summed E-state index contributed by atoms with van der Waals surface area (Å²) in [7, 11) is 3.30. The summed E-state index contributed by atoms with van der Waals surface area (Å²) >= 11 is 0. The standard InChI is InChI=1S/C27H27N3O4/c1-29(18-21-7-6-10-23(15-21)34-2)24(31)16-27(22-8-4-3-5-9-22)17-25(32)30(26(27)33)19-20-11-13-28-14-12-20/h3-15H,16-19H2,1-2H3/t27-/m0/s1. The molecule has 3 amide bonds. The Morgan fingerprint density at radius 2 is 1.76 bits per heavy atom. The van der Waals surface area contributed by atoms with E-state index in [2.05, 4.69) is 4.98 Å². The lowest BCUT2D eigenvalue weighted by Crippen LogP contribution is -2.42. The first-order valence-electron chi connectivity index (χ1n) is 11.1. The van der Waals surface area contributed by atoms with E-state index in [1.165, 1.54) is 4.90 Å². The average Bonchev–Trinajstić information content (AvgIpc) is 3.10. The van der Waals surface area contributed by atoms with Gasteiger partial charge in [-0.1, -0.05) is 42.5 Å². The number of nitrogens with zero attached hydrogens (tertiary/aromatic N) is 3. The monoisotopic (exact) mass is 457 g/mol. The van der Waals surface area contributed by atoms with E-state index in [1.807, 2.05) is 54.6 Å². The highest BCUT2D eigenvalue weighted by Crippen LogP contribution is 2.41. The van der Waals surface area contributed by atoms with Gasteiger partial charge in [0.1, 0.15) is 5.75 Å². The molecule has 0 spiro atoms. The third kappa shape index (κ3) is 4.69. The Morgan fingerprint density at radius 1 is 1.03 bits per heavy atom. The lowest BCUT2D eigenvalue weighted by atomic mass is 9.75. The number of methoxy groups -OCH3 is 1. The summed E-state index contributed by atoms with van der Waals surface area (Å²) in [6, 6.07) is 20.2. The molecule has 1 atom stereocenters. The number of likely N-dealkylation sites (tertiary alicyclic amines) is 1. The Labute approximate surface area is 199 Å². The van der Waals surface area contributed by atoms with E-state index in [1.54, 1.807) is 43.6 Å². The number of ether oxygens (including phenoxy) is 1. The van der Waals surface area contributed by atoms with Crippen molar-refractivity contribution >= 4 is 17.7 Å². The van der Waals surface area contributed by atoms with Crippen LogP contribution in [0.4, 0.5) is 0 Å². The van der Waals surface area contributed by atoms with E-state index in [0.717, 1.165) is 11.1 Å². The van der Waals surface area contributed by atoms with Gasteiger partial charge in [0.25, 0.3) is 0 Å². The number of hydrogen-bond donors (Lipinski definition) is 0. The second-order valence-electron chi connectivity index (χ2n) is 8.54. The molecular formula is C27H27N3O4. The number of benzene rings is 2. The summed E-state index contributed by atoms with van der Waals surface area (Å²) in [5, 5.41) is 0. The summed E-state index contributed by atoms with van der Waals surface area (Å²) in [4.78, 5) is 47.0. The van der Waals surface area contributed by atoms with Crippen LogP contribution < -0.4 is 4.74 Å². The van der Waals surface area contributed by atoms with Gasteiger partial charge >= 0.3 is 0 Å². The maximum absolute atomic E-state index is 13.7. The second-order valence-corrected chi connectivity index (χ2v) is 8.54. The van der Waals surface area contributed by atoms with Gasteiger partial charge in [-0.15, -0.1) is 0 Å². The molecule has 7 heteroatoms. The molecule has 7 nitrogen and oxygen atoms in total. The molecule has 0 unspecified atom stereocenters. The minimum Gasteiger partial charge on any atom is -0.497 e. The van der Waals surface area contributed by atoms with Crippen LogP contribution in [0.2, 0.25) is 0 Å². The number of aromatic nitrogens is 1. The number of carbonyl (C=O) groups is 3. The minimum absolute atomic E-state index is 0.0420. The lowest BCUT2D eigenvalue weighted by Gasteiger charge is -2.29. The van der Waals surface area contributed by atoms with Crippen LogP contribution in [0.1, 0.15) is 29.5 Å². The zero-order valence-corrected chi connectivity index (χ0v) is 19.3. The van der Waals surface area contributed by atoms with Crippen LogP contribution >= 0.6 is 0 Å². The van der Waals surface area contributed by atoms with Gasteiger partial charge in [-0.2, -0.15) is 0 Å². The average molecular weight is 458 g/mol. The van der Waals surface area contributed by atoms with Crippen molar-refractivity contribution in [2.45, 2.75) is 31.3 Å². The van der Waals surface area contributed by atoms with Gasteiger partial charge < -0.3 is 9.64 Å². The highest BCUT2D eigenvalue weighted by atomic mass is 16.5. The Balaban J connectivity index is 1.59. The second kappa shape index (κ2) is 9.87. The molecule has 0 aliphatic carbocycles. The van der Waals surface area contributed by atoms with Crippen molar-refractivity contribution in [2.75, 3.05) is 14.2 Å². The van der Waals surface area contributed by atoms with Crippen LogP contribution in [0, 0.1) is 0 Å². The van der Waals surface area contributed by atoms with Crippen LogP contribution in [0.15, 0.2) is 79.1 Å². The van der Waals surface area contributed by atoms with Crippen molar-refractivity contribution in [3.63, 3.8) is 0 Å². The molecule has 34 heavy (non-hydrogen) atoms. The zero-order chi connectivity index (χ0) is 24.1. The summed E-state index contributed by atoms with van der Waals surface area (Å²) < 4.78 is 5.27. The SMILES string of the molecule is COc1cccc(CN(C)C(=O)C[C@@]2(c3ccccc3)CC(=O)N(Cc3ccncc3)C2=O)c1. The molecule has 2 aromatic carbocycles. The summed E-state index contributed by atoms with van der Waals surface area (Å²) in [5.74, 6) is -0.126. The van der Waals surface area contributed by atoms with E-state index in [4.69, 9.17) is 4.74 Å². The fourth-order valence-electron chi connectivity index (χ4n) is 4.38. The van der Waals surface area contributed by atoms with E-state index in [0.29, 0.717) is 17.9 Å². The highest BCUT2D eigenvalue weighted by molar-refractivity contribution is 6.10. The molecule has 3 aromatic rings. The molecule has 1 aliphatic rings. The number of imide groups is 1. The molecule has 174 valence electrons. The number of carbonyl (C=O) groups excluding carboxylic acids is 3. The summed E-state index contributed by atoms with van der Waals surface area (Å²) in [5.41, 5.74) is 1.17. The molecule has 1 aliphatic heterocycles. The van der Waals surface area contributed by atoms with E-state index in [9.17, 15) is 14.4 Å². The summed E-state index contributed by atoms with van der Waals surface area (Å²) in [6.45, 7) is 0.520. The molecule has 0 N–H and O–H groups in total. The topological polar surface area (TPSA) is 79.8 Å². The smallest absolute Gasteiger partial charge is 0.241 e. The predicted octanol–water partition coefficient (Wildman–Crippen LogP) is 3.34. The van der Waals surface area contributed by atoms with Crippen molar-refractivity contribution in [3.8, 4) is 5.75 Å². The van der Waals surface area contributed by atoms with Gasteiger partial charge in [0, 0.05) is 38.8 Å². The van der Waals surface area contributed by atoms with Gasteiger partial charge in [0.15, 0.2) is 0 Å². The molecule has 4 rings (SSSR count). The van der Waals surface area contributed by atoms with Crippen molar-refractivity contribution in [1.29, 1.82) is 0 Å². The number of amides is 3. The largest absolute Gasteiger partial charge is 0.497 e. The van der Waals surface area contributed by atoms with Crippen LogP contribution in [0.25, 0.3) is 0 Å². The van der Waals surface area contributed by atoms with Crippen molar-refractivity contribution in [3.05, 3.63) is 95.8 Å². The quantitative estimate of drug-likeness (QED) is 0.485. The molecular weight excluding hydrogens is 430 g/mol. The molecule has 2 heterocycles. The lowest BCUT2D eigenvalue weighted by molar-refractivity contribution is -0.143. The Kier molecular flexibility index (Phi) is 6.72. The molecule has 0 saturated carbocycles. The Bertz CT molecular complexity index is 1180. The van der Waals surface area contributed by atoms with Gasteiger partial charge in [0.2, 0.25) is 17.7 Å². The van der Waals surface area contributed by atoms with Gasteiger partial charge in [-0.3, -0.25) is 24.3 Å². The molecule has 1 aromatic heterocycles. The minimum atomic E-state index is -1.23. The van der Waals surface area contributed by atoms with Gasteiger partial charge in [0.05, 0.1) is 19.1 Å². The third-order valence-corrected chi connectivity index (χ3v) is 6.26. The summed E-state index contributed by atoms with van der Waals surface area (Å²) in [6.07, 6.45) is 3.12. The third-order valence-electron chi connectivity index (χ3n) is 6.26. The zero-order valence-electron chi connectivity index (χ0n) is 19.3. The maximum atomic E-state index is 13.7. The maximum Gasteiger partial charge on any atom is 0.241 e. The number of pyridine rings is 1. The first kappa shape index (κ1) is 23.2. The Morgan fingerprint density at radius 3 is 2.47 bits per heavy atom. The fraction of sp³-hybridized carbons (Fsp3) is 0.259. The highest BCUT2D eigenvalue weighted by Gasteiger charge is 2.53. The molecule has 1 fully saturated rings. The molecule has 0 radical (unpaired) electrons. The molecule has 0 bridgehead atoms. The van der Waals surface area contributed by atoms with Crippen molar-refractivity contribution in [1.82, 2.24) is 14.8 Å². The molecule has 1 saturated heterocycles. The van der Waals surface area contributed by atoms with Crippen LogP contribution in [0.5, 0.6) is 5.75 Å². The first-order valence-corrected chi connectivity index (χ1v) is 11.1. The number of rotatable bonds is 8. The fourth-order valence-corrected chi connectivity index (χ4v) is 4.38. The normalized spacial score (nSPS) is 17.6. The first-order chi connectivity index (χ1) is 16.4. The Hall–Kier alpha value is -4.00. The van der Waals surface area contributed by atoms with Crippen LogP contribution in [-0.4, -0.2) is 46.7 Å². The van der Waals surface area contributed by atoms with E-state index >= 15 is 0 Å². The van der Waals surface area contributed by atoms with E-state index in [-0.39, 0.29) is 37.1 Å².